The van der Waals surface area contributed by atoms with E-state index in [2.05, 4.69) is 16.0 Å². The summed E-state index contributed by atoms with van der Waals surface area (Å²) in [4.78, 5) is 51.1. The van der Waals surface area contributed by atoms with Crippen LogP contribution in [0.5, 0.6) is 0 Å². The molecule has 0 unspecified atom stereocenters. The van der Waals surface area contributed by atoms with E-state index in [0.29, 0.717) is 38.8 Å². The summed E-state index contributed by atoms with van der Waals surface area (Å²) < 4.78 is 0. The molecule has 9 heteroatoms. The Hall–Kier alpha value is -2.16. The number of Topliss-reactive ketones (excluding diaryl/α,β-unsaturated/α-hetero) is 1. The molecular formula is C19H33N5O4. The fourth-order valence-electron chi connectivity index (χ4n) is 3.86. The van der Waals surface area contributed by atoms with Crippen molar-refractivity contribution in [1.29, 1.82) is 0 Å². The number of hydrogen-bond acceptors (Lipinski definition) is 5. The van der Waals surface area contributed by atoms with E-state index < -0.39 is 29.2 Å². The number of carbonyl (C=O) groups excluding carboxylic acids is 4. The zero-order valence-electron chi connectivity index (χ0n) is 16.7. The van der Waals surface area contributed by atoms with Crippen molar-refractivity contribution >= 4 is 23.6 Å². The summed E-state index contributed by atoms with van der Waals surface area (Å²) in [6.45, 7) is 4.58. The Labute approximate surface area is 166 Å². The molecule has 5 N–H and O–H groups in total. The van der Waals surface area contributed by atoms with Crippen molar-refractivity contribution in [2.45, 2.75) is 69.9 Å². The van der Waals surface area contributed by atoms with E-state index in [9.17, 15) is 19.2 Å². The lowest BCUT2D eigenvalue weighted by molar-refractivity contribution is -0.139. The van der Waals surface area contributed by atoms with Gasteiger partial charge >= 0.3 is 6.03 Å². The lowest BCUT2D eigenvalue weighted by Crippen LogP contribution is -2.65. The first-order valence-corrected chi connectivity index (χ1v) is 10.3. The van der Waals surface area contributed by atoms with Gasteiger partial charge in [-0.3, -0.25) is 14.4 Å². The van der Waals surface area contributed by atoms with E-state index in [1.807, 2.05) is 6.92 Å². The maximum atomic E-state index is 13.2. The third kappa shape index (κ3) is 5.67. The molecule has 158 valence electrons. The second-order valence-corrected chi connectivity index (χ2v) is 7.71. The quantitative estimate of drug-likeness (QED) is 0.430. The molecule has 2 fully saturated rings. The van der Waals surface area contributed by atoms with Crippen molar-refractivity contribution in [3.05, 3.63) is 0 Å². The number of hydrogen-bond donors (Lipinski definition) is 4. The van der Waals surface area contributed by atoms with Gasteiger partial charge in [0, 0.05) is 26.2 Å². The molecule has 1 saturated carbocycles. The number of ketones is 1. The number of amides is 4. The average Bonchev–Trinajstić information content (AvgIpc) is 2.71. The molecule has 1 aliphatic carbocycles. The normalized spacial score (nSPS) is 20.1. The Morgan fingerprint density at radius 2 is 1.75 bits per heavy atom. The van der Waals surface area contributed by atoms with Gasteiger partial charge in [0.15, 0.2) is 0 Å². The minimum absolute atomic E-state index is 0.259. The van der Waals surface area contributed by atoms with E-state index in [-0.39, 0.29) is 6.03 Å². The third-order valence-corrected chi connectivity index (χ3v) is 5.60. The molecular weight excluding hydrogens is 362 g/mol. The zero-order chi connectivity index (χ0) is 20.6. The fourth-order valence-corrected chi connectivity index (χ4v) is 3.86. The summed E-state index contributed by atoms with van der Waals surface area (Å²) in [5.74, 6) is -2.24. The maximum absolute atomic E-state index is 13.2. The molecule has 9 nitrogen and oxygen atoms in total. The molecule has 1 atom stereocenters. The van der Waals surface area contributed by atoms with E-state index in [1.54, 1.807) is 4.90 Å². The number of rotatable bonds is 8. The molecule has 0 radical (unpaired) electrons. The lowest BCUT2D eigenvalue weighted by Gasteiger charge is -2.39. The van der Waals surface area contributed by atoms with Crippen LogP contribution in [0.3, 0.4) is 0 Å². The maximum Gasteiger partial charge on any atom is 0.318 e. The average molecular weight is 396 g/mol. The van der Waals surface area contributed by atoms with Gasteiger partial charge in [0.2, 0.25) is 11.7 Å². The zero-order valence-corrected chi connectivity index (χ0v) is 16.7. The van der Waals surface area contributed by atoms with Crippen LogP contribution in [-0.2, 0) is 14.4 Å². The van der Waals surface area contributed by atoms with Gasteiger partial charge in [-0.05, 0) is 19.3 Å². The molecule has 28 heavy (non-hydrogen) atoms. The van der Waals surface area contributed by atoms with Crippen LogP contribution in [0, 0.1) is 0 Å². The van der Waals surface area contributed by atoms with Crippen LogP contribution < -0.4 is 21.7 Å². The molecule has 0 aromatic rings. The van der Waals surface area contributed by atoms with Crippen LogP contribution in [0.4, 0.5) is 4.79 Å². The van der Waals surface area contributed by atoms with Crippen molar-refractivity contribution in [3.63, 3.8) is 0 Å². The summed E-state index contributed by atoms with van der Waals surface area (Å²) in [6.07, 6.45) is 5.53. The van der Waals surface area contributed by atoms with Gasteiger partial charge in [0.05, 0.1) is 6.04 Å². The highest BCUT2D eigenvalue weighted by Gasteiger charge is 2.43. The van der Waals surface area contributed by atoms with Gasteiger partial charge in [0.1, 0.15) is 5.54 Å². The van der Waals surface area contributed by atoms with Gasteiger partial charge in [-0.1, -0.05) is 39.0 Å². The van der Waals surface area contributed by atoms with E-state index in [0.717, 1.165) is 38.8 Å². The minimum atomic E-state index is -1.05. The second kappa shape index (κ2) is 10.4. The fraction of sp³-hybridized carbons (Fsp3) is 0.789. The van der Waals surface area contributed by atoms with Gasteiger partial charge in [-0.25, -0.2) is 4.79 Å². The molecule has 0 aromatic carbocycles. The van der Waals surface area contributed by atoms with E-state index >= 15 is 0 Å². The van der Waals surface area contributed by atoms with Crippen LogP contribution in [0.2, 0.25) is 0 Å². The molecule has 1 saturated heterocycles. The van der Waals surface area contributed by atoms with Gasteiger partial charge < -0.3 is 26.6 Å². The van der Waals surface area contributed by atoms with Crippen molar-refractivity contribution in [2.75, 3.05) is 26.2 Å². The molecule has 4 amide bonds. The summed E-state index contributed by atoms with van der Waals surface area (Å²) in [5.41, 5.74) is 4.10. The Morgan fingerprint density at radius 3 is 2.32 bits per heavy atom. The molecule has 2 rings (SSSR count). The van der Waals surface area contributed by atoms with Crippen molar-refractivity contribution in [3.8, 4) is 0 Å². The van der Waals surface area contributed by atoms with E-state index in [1.165, 1.54) is 0 Å². The highest BCUT2D eigenvalue weighted by Crippen LogP contribution is 2.29. The van der Waals surface area contributed by atoms with E-state index in [4.69, 9.17) is 5.73 Å². The molecule has 1 aliphatic heterocycles. The molecule has 0 bridgehead atoms. The van der Waals surface area contributed by atoms with Crippen LogP contribution in [-0.4, -0.2) is 66.3 Å². The predicted molar refractivity (Wildman–Crippen MR) is 104 cm³/mol. The number of carbonyl (C=O) groups is 4. The summed E-state index contributed by atoms with van der Waals surface area (Å²) in [6, 6.07) is -1.20. The molecule has 1 heterocycles. The standard InChI is InChI=1S/C19H33N5O4/c1-2-3-7-14(15(25)16(20)26)22-17(27)19(8-5-4-6-9-19)23-18(28)24-12-10-21-11-13-24/h14,21H,2-13H2,1H3,(H2,20,26)(H,22,27)(H,23,28)/t14-/m0/s1. The number of unbranched alkanes of at least 4 members (excludes halogenated alkanes) is 1. The Bertz CT molecular complexity index is 583. The summed E-state index contributed by atoms with van der Waals surface area (Å²) >= 11 is 0. The topological polar surface area (TPSA) is 134 Å². The first-order valence-electron chi connectivity index (χ1n) is 10.3. The number of urea groups is 1. The monoisotopic (exact) mass is 395 g/mol. The van der Waals surface area contributed by atoms with Crippen LogP contribution in [0.15, 0.2) is 0 Å². The van der Waals surface area contributed by atoms with Crippen molar-refractivity contribution in [2.24, 2.45) is 5.73 Å². The van der Waals surface area contributed by atoms with Gasteiger partial charge in [-0.2, -0.15) is 0 Å². The van der Waals surface area contributed by atoms with Crippen LogP contribution >= 0.6 is 0 Å². The first-order chi connectivity index (χ1) is 13.4. The number of nitrogens with two attached hydrogens (primary N) is 1. The Morgan fingerprint density at radius 1 is 1.11 bits per heavy atom. The predicted octanol–water partition coefficient (Wildman–Crippen LogP) is 0.0335. The van der Waals surface area contributed by atoms with Crippen molar-refractivity contribution < 1.29 is 19.2 Å². The number of primary amides is 1. The largest absolute Gasteiger partial charge is 0.363 e. The number of nitrogens with zero attached hydrogens (tertiary/aromatic N) is 1. The Kier molecular flexibility index (Phi) is 8.22. The van der Waals surface area contributed by atoms with Gasteiger partial charge in [0.25, 0.3) is 5.91 Å². The Balaban J connectivity index is 2.12. The number of piperazine rings is 1. The first kappa shape index (κ1) is 22.1. The van der Waals surface area contributed by atoms with Crippen LogP contribution in [0.1, 0.15) is 58.3 Å². The number of nitrogens with one attached hydrogen (secondary N) is 3. The summed E-state index contributed by atoms with van der Waals surface area (Å²) in [5, 5.41) is 8.86. The third-order valence-electron chi connectivity index (χ3n) is 5.60. The molecule has 0 spiro atoms. The van der Waals surface area contributed by atoms with Gasteiger partial charge in [-0.15, -0.1) is 0 Å². The SMILES string of the molecule is CCCC[C@H](NC(=O)C1(NC(=O)N2CCNCC2)CCCCC1)C(=O)C(N)=O. The second-order valence-electron chi connectivity index (χ2n) is 7.71. The summed E-state index contributed by atoms with van der Waals surface area (Å²) in [7, 11) is 0. The lowest BCUT2D eigenvalue weighted by atomic mass is 9.80. The highest BCUT2D eigenvalue weighted by molar-refractivity contribution is 6.37. The highest BCUT2D eigenvalue weighted by atomic mass is 16.2. The van der Waals surface area contributed by atoms with Crippen molar-refractivity contribution in [1.82, 2.24) is 20.9 Å². The minimum Gasteiger partial charge on any atom is -0.363 e. The smallest absolute Gasteiger partial charge is 0.318 e. The molecule has 2 aliphatic rings. The molecule has 0 aromatic heterocycles. The van der Waals surface area contributed by atoms with Crippen LogP contribution in [0.25, 0.3) is 0 Å².